The van der Waals surface area contributed by atoms with Crippen molar-refractivity contribution in [3.63, 3.8) is 0 Å². The van der Waals surface area contributed by atoms with Crippen LogP contribution < -0.4 is 53.8 Å². The van der Waals surface area contributed by atoms with Gasteiger partial charge >= 0.3 is 8.60 Å². The lowest BCUT2D eigenvalue weighted by atomic mass is 9.95. The molecule has 13 N–H and O–H groups in total. The van der Waals surface area contributed by atoms with Crippen molar-refractivity contribution in [2.24, 2.45) is 5.73 Å². The third kappa shape index (κ3) is 17.6. The summed E-state index contributed by atoms with van der Waals surface area (Å²) in [5, 5.41) is 18.0. The molecule has 3 aromatic carbocycles. The first-order valence-corrected chi connectivity index (χ1v) is 26.0. The Labute approximate surface area is 429 Å². The normalized spacial score (nSPS) is 13.0. The molecule has 22 nitrogen and oxygen atoms in total. The van der Waals surface area contributed by atoms with Gasteiger partial charge in [0.05, 0.1) is 48.7 Å². The van der Waals surface area contributed by atoms with Crippen molar-refractivity contribution >= 4 is 78.0 Å². The van der Waals surface area contributed by atoms with Crippen molar-refractivity contribution in [1.29, 1.82) is 0 Å². The molecule has 1 aliphatic heterocycles. The lowest BCUT2D eigenvalue weighted by Gasteiger charge is -2.30. The van der Waals surface area contributed by atoms with E-state index in [2.05, 4.69) is 51.8 Å². The van der Waals surface area contributed by atoms with Gasteiger partial charge in [-0.3, -0.25) is 33.8 Å². The Morgan fingerprint density at radius 2 is 1.32 bits per heavy atom. The second kappa shape index (κ2) is 29.2. The number of unbranched alkanes of at least 4 members (excludes halogenated alkanes) is 5. The van der Waals surface area contributed by atoms with Gasteiger partial charge in [0.25, 0.3) is 11.5 Å². The van der Waals surface area contributed by atoms with Crippen molar-refractivity contribution in [2.45, 2.75) is 90.1 Å². The van der Waals surface area contributed by atoms with Gasteiger partial charge in [-0.05, 0) is 68.0 Å². The summed E-state index contributed by atoms with van der Waals surface area (Å²) in [7, 11) is -2.31. The number of hydrogen-bond acceptors (Lipinski definition) is 16. The van der Waals surface area contributed by atoms with Crippen LogP contribution in [0.4, 0.5) is 17.3 Å². The maximum absolute atomic E-state index is 14.0. The summed E-state index contributed by atoms with van der Waals surface area (Å²) >= 11 is 0. The molecule has 0 fully saturated rings. The number of carbonyl (C=O) groups is 5. The van der Waals surface area contributed by atoms with Crippen LogP contribution in [0.2, 0.25) is 0 Å². The van der Waals surface area contributed by atoms with Crippen molar-refractivity contribution < 1.29 is 38.3 Å². The number of carbonyl (C=O) groups excluding carboxylic acids is 5. The lowest BCUT2D eigenvalue weighted by Crippen LogP contribution is -2.36. The molecule has 6 rings (SSSR count). The molecule has 394 valence electrons. The summed E-state index contributed by atoms with van der Waals surface area (Å²) in [5.41, 5.74) is 18.2. The highest BCUT2D eigenvalue weighted by Crippen LogP contribution is 2.35. The van der Waals surface area contributed by atoms with Crippen LogP contribution in [0.1, 0.15) is 110 Å². The molecule has 2 aromatic heterocycles. The van der Waals surface area contributed by atoms with Crippen LogP contribution in [0.5, 0.6) is 0 Å². The first-order chi connectivity index (χ1) is 35.9. The van der Waals surface area contributed by atoms with Gasteiger partial charge in [0.1, 0.15) is 0 Å². The van der Waals surface area contributed by atoms with Gasteiger partial charge in [-0.15, -0.1) is 0 Å². The number of benzene rings is 3. The second-order valence-corrected chi connectivity index (χ2v) is 18.3. The van der Waals surface area contributed by atoms with Gasteiger partial charge in [-0.25, -0.2) is 9.97 Å². The van der Waals surface area contributed by atoms with E-state index in [1.54, 1.807) is 29.2 Å². The van der Waals surface area contributed by atoms with E-state index in [9.17, 15) is 28.8 Å². The molecule has 0 spiro atoms. The predicted molar refractivity (Wildman–Crippen MR) is 283 cm³/mol. The fraction of sp³-hybridized carbons (Fsp3) is 0.392. The monoisotopic (exact) mass is 1040 g/mol. The number of nitrogen functional groups attached to an aromatic ring is 1. The van der Waals surface area contributed by atoms with E-state index >= 15 is 0 Å². The largest absolute Gasteiger partial charge is 0.397 e. The van der Waals surface area contributed by atoms with E-state index in [4.69, 9.17) is 25.8 Å². The SMILES string of the molecule is N/C1=C(\NCCCCCC(=O)NCCCCCCOP(O)O)c2ccccc2N(C(=O)CCC(=O)NCCNC(=O)CCCNC(=O)c2ccc(NCc3cnc4nc(N)[nH]c(=O)c4n3)cc2)Cc2ccccc21. The minimum Gasteiger partial charge on any atom is -0.397 e. The Morgan fingerprint density at radius 3 is 2.09 bits per heavy atom. The van der Waals surface area contributed by atoms with E-state index in [-0.39, 0.29) is 98.6 Å². The smallest absolute Gasteiger partial charge is 0.327 e. The van der Waals surface area contributed by atoms with Crippen molar-refractivity contribution in [1.82, 2.24) is 46.5 Å². The zero-order valence-electron chi connectivity index (χ0n) is 41.3. The molecule has 1 aliphatic rings. The number of para-hydroxylation sites is 1. The number of aromatic amines is 1. The summed E-state index contributed by atoms with van der Waals surface area (Å²) in [6.07, 6.45) is 8.09. The second-order valence-electron chi connectivity index (χ2n) is 17.5. The Kier molecular flexibility index (Phi) is 22.0. The number of nitrogens with zero attached hydrogens (tertiary/aromatic N) is 4. The number of aromatic nitrogens is 4. The molecule has 5 amide bonds. The number of rotatable bonds is 29. The fourth-order valence-corrected chi connectivity index (χ4v) is 8.40. The number of H-pyrrole nitrogens is 1. The number of anilines is 3. The molecular weight excluding hydrogens is 970 g/mol. The highest BCUT2D eigenvalue weighted by molar-refractivity contribution is 7.39. The highest BCUT2D eigenvalue weighted by atomic mass is 31.2. The van der Waals surface area contributed by atoms with E-state index in [1.165, 1.54) is 6.20 Å². The molecule has 3 heterocycles. The standard InChI is InChI=1S/C51H66N13O9P/c52-45-38-14-6-5-13-35(38)33-64(40-16-8-7-15-39(40)46(45)57-26-10-3-4-17-41(65)54-25-9-1-2-11-30-73-74(71)72)44(68)24-23-43(67)56-29-28-55-42(66)18-12-27-58-49(69)34-19-21-36(22-20-34)59-31-37-32-60-48-47(61-37)50(70)63-51(53)62-48/h5-8,13-16,19-22,32,57,59,71-72H,1-4,9-12,17-18,23-31,33,52H2,(H,54,65)(H,55,66)(H,56,67)(H,58,69)(H3,53,60,62,63,70)/b46-45-. The zero-order chi connectivity index (χ0) is 52.7. The molecule has 0 saturated carbocycles. The van der Waals surface area contributed by atoms with Gasteiger partial charge in [-0.2, -0.15) is 4.98 Å². The van der Waals surface area contributed by atoms with Crippen molar-refractivity contribution in [2.75, 3.05) is 55.3 Å². The van der Waals surface area contributed by atoms with Crippen LogP contribution in [0, 0.1) is 0 Å². The molecule has 5 aromatic rings. The first-order valence-electron chi connectivity index (χ1n) is 24.8. The molecule has 23 heteroatoms. The highest BCUT2D eigenvalue weighted by Gasteiger charge is 2.26. The van der Waals surface area contributed by atoms with Crippen LogP contribution in [-0.4, -0.2) is 98.6 Å². The third-order valence-electron chi connectivity index (χ3n) is 12.0. The Morgan fingerprint density at radius 1 is 0.676 bits per heavy atom. The maximum Gasteiger partial charge on any atom is 0.327 e. The van der Waals surface area contributed by atoms with Crippen molar-refractivity contribution in [3.8, 4) is 0 Å². The number of hydrogen-bond donors (Lipinski definition) is 11. The Balaban J connectivity index is 0.865. The van der Waals surface area contributed by atoms with Gasteiger partial charge in [0.15, 0.2) is 11.2 Å². The van der Waals surface area contributed by atoms with Gasteiger partial charge in [0, 0.05) is 80.8 Å². The number of nitrogens with one attached hydrogen (secondary N) is 7. The summed E-state index contributed by atoms with van der Waals surface area (Å²) in [6, 6.07) is 22.0. The Bertz CT molecular complexity index is 2790. The predicted octanol–water partition coefficient (Wildman–Crippen LogP) is 3.82. The van der Waals surface area contributed by atoms with Crippen molar-refractivity contribution in [3.05, 3.63) is 117 Å². The molecule has 0 unspecified atom stereocenters. The average molecular weight is 1040 g/mol. The molecular formula is C51H66N13O9P. The van der Waals surface area contributed by atoms with Gasteiger partial charge in [-0.1, -0.05) is 61.7 Å². The topological polar surface area (TPSA) is 334 Å². The molecule has 0 aliphatic carbocycles. The van der Waals surface area contributed by atoms with Gasteiger partial charge in [0.2, 0.25) is 29.6 Å². The average Bonchev–Trinajstić information content (AvgIpc) is 3.39. The van der Waals surface area contributed by atoms with Crippen LogP contribution in [0.25, 0.3) is 22.6 Å². The minimum atomic E-state index is -2.31. The minimum absolute atomic E-state index is 0.0143. The van der Waals surface area contributed by atoms with Crippen LogP contribution in [-0.2, 0) is 36.8 Å². The number of nitrogens with two attached hydrogens (primary N) is 2. The molecule has 74 heavy (non-hydrogen) atoms. The van der Waals surface area contributed by atoms with Crippen LogP contribution in [0.3, 0.4) is 0 Å². The van der Waals surface area contributed by atoms with Crippen LogP contribution in [0.15, 0.2) is 83.8 Å². The number of amides is 5. The molecule has 0 saturated heterocycles. The summed E-state index contributed by atoms with van der Waals surface area (Å²) in [6.45, 7) is 2.66. The maximum atomic E-state index is 14.0. The molecule has 0 atom stereocenters. The van der Waals surface area contributed by atoms with E-state index < -0.39 is 14.2 Å². The molecule has 0 radical (unpaired) electrons. The fourth-order valence-electron chi connectivity index (χ4n) is 8.11. The van der Waals surface area contributed by atoms with E-state index in [1.807, 2.05) is 48.5 Å². The summed E-state index contributed by atoms with van der Waals surface area (Å²) < 4.78 is 4.76. The van der Waals surface area contributed by atoms with Gasteiger partial charge < -0.3 is 62.6 Å². The van der Waals surface area contributed by atoms with Crippen LogP contribution >= 0.6 is 8.60 Å². The lowest BCUT2D eigenvalue weighted by molar-refractivity contribution is -0.125. The first kappa shape index (κ1) is 55.8. The van der Waals surface area contributed by atoms with E-state index in [0.29, 0.717) is 60.9 Å². The summed E-state index contributed by atoms with van der Waals surface area (Å²) in [4.78, 5) is 111. The molecule has 0 bridgehead atoms. The number of fused-ring (bicyclic) bond motifs is 3. The Hall–Kier alpha value is -7.52. The summed E-state index contributed by atoms with van der Waals surface area (Å²) in [5.74, 6) is -1.11. The third-order valence-corrected chi connectivity index (χ3v) is 12.4. The quantitative estimate of drug-likeness (QED) is 0.0240. The zero-order valence-corrected chi connectivity index (χ0v) is 42.2. The van der Waals surface area contributed by atoms with E-state index in [0.717, 1.165) is 67.3 Å².